The van der Waals surface area contributed by atoms with Crippen molar-refractivity contribution < 1.29 is 5.11 Å². The Hall–Kier alpha value is -0.820. The fourth-order valence-electron chi connectivity index (χ4n) is 2.48. The molecule has 1 aromatic rings. The van der Waals surface area contributed by atoms with Crippen LogP contribution in [0.4, 0.5) is 0 Å². The zero-order chi connectivity index (χ0) is 10.0. The van der Waals surface area contributed by atoms with Gasteiger partial charge in [0.25, 0.3) is 0 Å². The van der Waals surface area contributed by atoms with Gasteiger partial charge in [-0.15, -0.1) is 0 Å². The van der Waals surface area contributed by atoms with Crippen molar-refractivity contribution in [3.8, 4) is 0 Å². The summed E-state index contributed by atoms with van der Waals surface area (Å²) in [6.45, 7) is 2.21. The Morgan fingerprint density at radius 2 is 2.07 bits per heavy atom. The molecule has 0 saturated heterocycles. The van der Waals surface area contributed by atoms with E-state index in [2.05, 4.69) is 31.2 Å². The third kappa shape index (κ3) is 1.83. The van der Waals surface area contributed by atoms with Gasteiger partial charge in [0.15, 0.2) is 0 Å². The van der Waals surface area contributed by atoms with Crippen molar-refractivity contribution in [2.75, 3.05) is 0 Å². The molecule has 2 unspecified atom stereocenters. The molecule has 0 radical (unpaired) electrons. The first-order chi connectivity index (χ1) is 6.71. The van der Waals surface area contributed by atoms with Gasteiger partial charge < -0.3 is 5.11 Å². The zero-order valence-electron chi connectivity index (χ0n) is 8.74. The van der Waals surface area contributed by atoms with Gasteiger partial charge in [0.2, 0.25) is 0 Å². The van der Waals surface area contributed by atoms with E-state index in [9.17, 15) is 5.11 Å². The maximum Gasteiger partial charge on any atom is 0.0597 e. The van der Waals surface area contributed by atoms with Crippen molar-refractivity contribution in [1.82, 2.24) is 0 Å². The molecule has 1 fully saturated rings. The Morgan fingerprint density at radius 1 is 1.36 bits per heavy atom. The standard InChI is InChI=1S/C13H18O/c1-13(9-5-8-12(13)14)10-11-6-3-2-4-7-11/h2-4,6-7,12,14H,5,8-10H2,1H3. The van der Waals surface area contributed by atoms with Gasteiger partial charge in [-0.05, 0) is 30.2 Å². The molecule has 1 heteroatoms. The second-order valence-corrected chi connectivity index (χ2v) is 4.72. The zero-order valence-corrected chi connectivity index (χ0v) is 8.74. The molecule has 2 rings (SSSR count). The first kappa shape index (κ1) is 9.72. The fourth-order valence-corrected chi connectivity index (χ4v) is 2.48. The van der Waals surface area contributed by atoms with Crippen LogP contribution in [0.5, 0.6) is 0 Å². The predicted molar refractivity (Wildman–Crippen MR) is 58.1 cm³/mol. The molecule has 0 aliphatic heterocycles. The van der Waals surface area contributed by atoms with Crippen LogP contribution in [0.2, 0.25) is 0 Å². The van der Waals surface area contributed by atoms with E-state index in [-0.39, 0.29) is 11.5 Å². The molecule has 2 atom stereocenters. The van der Waals surface area contributed by atoms with Crippen LogP contribution in [0.25, 0.3) is 0 Å². The van der Waals surface area contributed by atoms with Gasteiger partial charge in [-0.2, -0.15) is 0 Å². The van der Waals surface area contributed by atoms with Crippen LogP contribution in [0.1, 0.15) is 31.7 Å². The maximum atomic E-state index is 9.91. The lowest BCUT2D eigenvalue weighted by atomic mass is 9.80. The number of hydrogen-bond donors (Lipinski definition) is 1. The van der Waals surface area contributed by atoms with Crippen molar-refractivity contribution in [1.29, 1.82) is 0 Å². The van der Waals surface area contributed by atoms with E-state index in [4.69, 9.17) is 0 Å². The maximum absolute atomic E-state index is 9.91. The molecule has 0 spiro atoms. The molecule has 1 saturated carbocycles. The summed E-state index contributed by atoms with van der Waals surface area (Å²) in [6, 6.07) is 10.5. The highest BCUT2D eigenvalue weighted by Crippen LogP contribution is 2.40. The summed E-state index contributed by atoms with van der Waals surface area (Å²) < 4.78 is 0. The lowest BCUT2D eigenvalue weighted by Gasteiger charge is -2.28. The molecule has 1 nitrogen and oxygen atoms in total. The molecule has 0 aromatic heterocycles. The highest BCUT2D eigenvalue weighted by molar-refractivity contribution is 5.17. The highest BCUT2D eigenvalue weighted by Gasteiger charge is 2.37. The fraction of sp³-hybridized carbons (Fsp3) is 0.538. The van der Waals surface area contributed by atoms with Gasteiger partial charge in [-0.1, -0.05) is 43.7 Å². The van der Waals surface area contributed by atoms with Crippen LogP contribution in [0, 0.1) is 5.41 Å². The van der Waals surface area contributed by atoms with Gasteiger partial charge in [0.1, 0.15) is 0 Å². The normalized spacial score (nSPS) is 32.0. The summed E-state index contributed by atoms with van der Waals surface area (Å²) >= 11 is 0. The molecule has 1 N–H and O–H groups in total. The second kappa shape index (κ2) is 3.74. The largest absolute Gasteiger partial charge is 0.393 e. The van der Waals surface area contributed by atoms with Crippen LogP contribution in [-0.2, 0) is 6.42 Å². The minimum Gasteiger partial charge on any atom is -0.393 e. The summed E-state index contributed by atoms with van der Waals surface area (Å²) in [4.78, 5) is 0. The molecule has 76 valence electrons. The SMILES string of the molecule is CC1(Cc2ccccc2)CCCC1O. The summed E-state index contributed by atoms with van der Waals surface area (Å²) in [6.07, 6.45) is 4.20. The lowest BCUT2D eigenvalue weighted by Crippen LogP contribution is -2.28. The van der Waals surface area contributed by atoms with Crippen LogP contribution < -0.4 is 0 Å². The average Bonchev–Trinajstić information content (AvgIpc) is 2.48. The Balaban J connectivity index is 2.10. The number of benzene rings is 1. The van der Waals surface area contributed by atoms with Crippen LogP contribution >= 0.6 is 0 Å². The Bertz CT molecular complexity index is 293. The number of aliphatic hydroxyl groups is 1. The molecule has 1 aliphatic rings. The number of aliphatic hydroxyl groups excluding tert-OH is 1. The first-order valence-electron chi connectivity index (χ1n) is 5.43. The van der Waals surface area contributed by atoms with Crippen LogP contribution in [0.3, 0.4) is 0 Å². The van der Waals surface area contributed by atoms with Gasteiger partial charge in [0.05, 0.1) is 6.10 Å². The Morgan fingerprint density at radius 3 is 2.64 bits per heavy atom. The average molecular weight is 190 g/mol. The summed E-state index contributed by atoms with van der Waals surface area (Å²) in [5.41, 5.74) is 1.46. The second-order valence-electron chi connectivity index (χ2n) is 4.72. The number of hydrogen-bond acceptors (Lipinski definition) is 1. The van der Waals surface area contributed by atoms with Gasteiger partial charge in [-0.25, -0.2) is 0 Å². The van der Waals surface area contributed by atoms with Crippen molar-refractivity contribution in [2.24, 2.45) is 5.41 Å². The summed E-state index contributed by atoms with van der Waals surface area (Å²) in [5.74, 6) is 0. The monoisotopic (exact) mass is 190 g/mol. The molecular formula is C13H18O. The summed E-state index contributed by atoms with van der Waals surface area (Å²) in [7, 11) is 0. The van der Waals surface area contributed by atoms with E-state index in [0.717, 1.165) is 19.3 Å². The van der Waals surface area contributed by atoms with Crippen molar-refractivity contribution >= 4 is 0 Å². The van der Waals surface area contributed by atoms with E-state index >= 15 is 0 Å². The van der Waals surface area contributed by atoms with Gasteiger partial charge in [-0.3, -0.25) is 0 Å². The minimum atomic E-state index is -0.109. The van der Waals surface area contributed by atoms with E-state index in [1.807, 2.05) is 6.07 Å². The topological polar surface area (TPSA) is 20.2 Å². The van der Waals surface area contributed by atoms with Crippen LogP contribution in [-0.4, -0.2) is 11.2 Å². The minimum absolute atomic E-state index is 0.109. The predicted octanol–water partition coefficient (Wildman–Crippen LogP) is 2.78. The van der Waals surface area contributed by atoms with Gasteiger partial charge >= 0.3 is 0 Å². The van der Waals surface area contributed by atoms with Gasteiger partial charge in [0, 0.05) is 0 Å². The smallest absolute Gasteiger partial charge is 0.0597 e. The Kier molecular flexibility index (Phi) is 2.60. The van der Waals surface area contributed by atoms with E-state index in [1.165, 1.54) is 12.0 Å². The molecule has 1 aliphatic carbocycles. The molecular weight excluding hydrogens is 172 g/mol. The highest BCUT2D eigenvalue weighted by atomic mass is 16.3. The lowest BCUT2D eigenvalue weighted by molar-refractivity contribution is 0.0664. The molecule has 0 amide bonds. The Labute approximate surface area is 85.8 Å². The summed E-state index contributed by atoms with van der Waals surface area (Å²) in [5, 5.41) is 9.91. The van der Waals surface area contributed by atoms with Crippen LogP contribution in [0.15, 0.2) is 30.3 Å². The van der Waals surface area contributed by atoms with E-state index < -0.39 is 0 Å². The molecule has 0 heterocycles. The quantitative estimate of drug-likeness (QED) is 0.760. The third-order valence-electron chi connectivity index (χ3n) is 3.48. The van der Waals surface area contributed by atoms with E-state index in [0.29, 0.717) is 0 Å². The molecule has 0 bridgehead atoms. The van der Waals surface area contributed by atoms with E-state index in [1.54, 1.807) is 0 Å². The number of rotatable bonds is 2. The van der Waals surface area contributed by atoms with Crippen molar-refractivity contribution in [2.45, 2.75) is 38.7 Å². The molecule has 14 heavy (non-hydrogen) atoms. The molecule has 1 aromatic carbocycles. The first-order valence-corrected chi connectivity index (χ1v) is 5.43. The van der Waals surface area contributed by atoms with Crippen molar-refractivity contribution in [3.05, 3.63) is 35.9 Å². The van der Waals surface area contributed by atoms with Crippen molar-refractivity contribution in [3.63, 3.8) is 0 Å². The third-order valence-corrected chi connectivity index (χ3v) is 3.48.